The van der Waals surface area contributed by atoms with Crippen molar-refractivity contribution in [1.82, 2.24) is 4.31 Å². The lowest BCUT2D eigenvalue weighted by Gasteiger charge is -2.34. The van der Waals surface area contributed by atoms with E-state index in [1.54, 1.807) is 19.2 Å². The Morgan fingerprint density at radius 1 is 1.42 bits per heavy atom. The quantitative estimate of drug-likeness (QED) is 0.737. The highest BCUT2D eigenvalue weighted by Gasteiger charge is 2.33. The van der Waals surface area contributed by atoms with Crippen LogP contribution < -0.4 is 10.5 Å². The summed E-state index contributed by atoms with van der Waals surface area (Å²) in [5.74, 6) is 0.449. The second-order valence-electron chi connectivity index (χ2n) is 6.06. The van der Waals surface area contributed by atoms with Gasteiger partial charge in [0.1, 0.15) is 17.3 Å². The molecular formula is C16H25ClN2O4S. The van der Waals surface area contributed by atoms with Crippen LogP contribution in [0.1, 0.15) is 19.8 Å². The minimum Gasteiger partial charge on any atom is -0.490 e. The number of methoxy groups -OCH3 is 1. The van der Waals surface area contributed by atoms with E-state index in [1.165, 1.54) is 10.4 Å². The van der Waals surface area contributed by atoms with Crippen molar-refractivity contribution in [3.63, 3.8) is 0 Å². The molecule has 136 valence electrons. The maximum Gasteiger partial charge on any atom is 0.246 e. The van der Waals surface area contributed by atoms with Gasteiger partial charge < -0.3 is 15.2 Å². The van der Waals surface area contributed by atoms with Gasteiger partial charge in [0, 0.05) is 31.3 Å². The minimum atomic E-state index is -3.69. The molecule has 0 spiro atoms. The summed E-state index contributed by atoms with van der Waals surface area (Å²) < 4.78 is 38.2. The second-order valence-corrected chi connectivity index (χ2v) is 8.40. The van der Waals surface area contributed by atoms with Gasteiger partial charge in [-0.25, -0.2) is 8.42 Å². The van der Waals surface area contributed by atoms with Crippen LogP contribution in [0.15, 0.2) is 23.1 Å². The molecular weight excluding hydrogens is 352 g/mol. The molecule has 1 aliphatic rings. The highest BCUT2D eigenvalue weighted by molar-refractivity contribution is 7.89. The predicted molar refractivity (Wildman–Crippen MR) is 94.0 cm³/mol. The van der Waals surface area contributed by atoms with Gasteiger partial charge in [-0.2, -0.15) is 4.31 Å². The smallest absolute Gasteiger partial charge is 0.246 e. The van der Waals surface area contributed by atoms with Crippen LogP contribution in [0.5, 0.6) is 5.75 Å². The van der Waals surface area contributed by atoms with E-state index in [4.69, 9.17) is 26.8 Å². The normalized spacial score (nSPS) is 20.8. The first-order chi connectivity index (χ1) is 11.4. The maximum atomic E-state index is 13.1. The number of piperidine rings is 1. The summed E-state index contributed by atoms with van der Waals surface area (Å²) in [5, 5.41) is 0.355. The first-order valence-electron chi connectivity index (χ1n) is 8.03. The van der Waals surface area contributed by atoms with Crippen molar-refractivity contribution in [2.24, 2.45) is 11.7 Å². The molecule has 1 heterocycles. The Labute approximate surface area is 148 Å². The van der Waals surface area contributed by atoms with E-state index in [2.05, 4.69) is 0 Å². The molecule has 0 aliphatic carbocycles. The highest BCUT2D eigenvalue weighted by Crippen LogP contribution is 2.32. The van der Waals surface area contributed by atoms with Crippen LogP contribution >= 0.6 is 11.6 Å². The Kier molecular flexibility index (Phi) is 6.88. The average Bonchev–Trinajstić information content (AvgIpc) is 2.56. The minimum absolute atomic E-state index is 0.0419. The summed E-state index contributed by atoms with van der Waals surface area (Å²) in [6, 6.07) is 4.59. The molecule has 6 nitrogen and oxygen atoms in total. The van der Waals surface area contributed by atoms with Crippen molar-refractivity contribution >= 4 is 21.6 Å². The Morgan fingerprint density at radius 3 is 2.83 bits per heavy atom. The molecule has 1 fully saturated rings. The standard InChI is InChI=1S/C16H25ClN2O4S/c1-12(18)13-4-3-7-19(11-13)24(20,21)16-10-14(17)5-6-15(16)23-9-8-22-2/h5-6,10,12-13H,3-4,7-9,11,18H2,1-2H3/t12-,13-/m0/s1. The monoisotopic (exact) mass is 376 g/mol. The van der Waals surface area contributed by atoms with E-state index in [0.29, 0.717) is 30.5 Å². The number of benzene rings is 1. The number of nitrogens with two attached hydrogens (primary N) is 1. The Balaban J connectivity index is 2.29. The maximum absolute atomic E-state index is 13.1. The number of halogens is 1. The van der Waals surface area contributed by atoms with E-state index < -0.39 is 10.0 Å². The van der Waals surface area contributed by atoms with Gasteiger partial charge in [-0.1, -0.05) is 11.6 Å². The van der Waals surface area contributed by atoms with Crippen molar-refractivity contribution < 1.29 is 17.9 Å². The number of rotatable bonds is 7. The molecule has 1 aromatic rings. The molecule has 0 saturated carbocycles. The fourth-order valence-corrected chi connectivity index (χ4v) is 4.73. The van der Waals surface area contributed by atoms with Gasteiger partial charge >= 0.3 is 0 Å². The van der Waals surface area contributed by atoms with Crippen LogP contribution in [0.2, 0.25) is 5.02 Å². The van der Waals surface area contributed by atoms with E-state index in [-0.39, 0.29) is 23.5 Å². The van der Waals surface area contributed by atoms with E-state index in [0.717, 1.165) is 12.8 Å². The van der Waals surface area contributed by atoms with Gasteiger partial charge in [-0.05, 0) is 43.9 Å². The molecule has 1 saturated heterocycles. The number of hydrogen-bond donors (Lipinski definition) is 1. The number of ether oxygens (including phenoxy) is 2. The Morgan fingerprint density at radius 2 is 2.17 bits per heavy atom. The van der Waals surface area contributed by atoms with Gasteiger partial charge in [-0.15, -0.1) is 0 Å². The largest absolute Gasteiger partial charge is 0.490 e. The predicted octanol–water partition coefficient (Wildman–Crippen LogP) is 2.11. The molecule has 1 aromatic carbocycles. The fraction of sp³-hybridized carbons (Fsp3) is 0.625. The van der Waals surface area contributed by atoms with E-state index >= 15 is 0 Å². The number of nitrogens with zero attached hydrogens (tertiary/aromatic N) is 1. The second kappa shape index (κ2) is 8.49. The molecule has 2 rings (SSSR count). The first-order valence-corrected chi connectivity index (χ1v) is 9.85. The zero-order valence-corrected chi connectivity index (χ0v) is 15.6. The molecule has 8 heteroatoms. The summed E-state index contributed by atoms with van der Waals surface area (Å²) in [5.41, 5.74) is 5.97. The van der Waals surface area contributed by atoms with Crippen molar-refractivity contribution in [2.45, 2.75) is 30.7 Å². The van der Waals surface area contributed by atoms with Crippen LogP contribution in [0.3, 0.4) is 0 Å². The Hall–Kier alpha value is -0.860. The lowest BCUT2D eigenvalue weighted by molar-refractivity contribution is 0.144. The summed E-state index contributed by atoms with van der Waals surface area (Å²) in [6.07, 6.45) is 1.74. The summed E-state index contributed by atoms with van der Waals surface area (Å²) in [4.78, 5) is 0.0939. The number of sulfonamides is 1. The van der Waals surface area contributed by atoms with Gasteiger partial charge in [0.15, 0.2) is 0 Å². The van der Waals surface area contributed by atoms with Crippen molar-refractivity contribution in [3.8, 4) is 5.75 Å². The van der Waals surface area contributed by atoms with Crippen LogP contribution in [-0.2, 0) is 14.8 Å². The summed E-state index contributed by atoms with van der Waals surface area (Å²) in [6.45, 7) is 3.46. The van der Waals surface area contributed by atoms with Crippen LogP contribution in [-0.4, -0.2) is 52.2 Å². The van der Waals surface area contributed by atoms with Crippen molar-refractivity contribution in [2.75, 3.05) is 33.4 Å². The molecule has 0 unspecified atom stereocenters. The topological polar surface area (TPSA) is 81.9 Å². The first kappa shape index (κ1) is 19.5. The molecule has 0 radical (unpaired) electrons. The molecule has 24 heavy (non-hydrogen) atoms. The van der Waals surface area contributed by atoms with Crippen LogP contribution in [0.25, 0.3) is 0 Å². The third-order valence-electron chi connectivity index (χ3n) is 4.23. The van der Waals surface area contributed by atoms with Gasteiger partial charge in [0.25, 0.3) is 0 Å². The third-order valence-corrected chi connectivity index (χ3v) is 6.35. The molecule has 0 bridgehead atoms. The molecule has 1 aliphatic heterocycles. The van der Waals surface area contributed by atoms with Gasteiger partial charge in [-0.3, -0.25) is 0 Å². The van der Waals surface area contributed by atoms with Crippen molar-refractivity contribution in [1.29, 1.82) is 0 Å². The summed E-state index contributed by atoms with van der Waals surface area (Å²) >= 11 is 6.02. The summed E-state index contributed by atoms with van der Waals surface area (Å²) in [7, 11) is -2.13. The zero-order chi connectivity index (χ0) is 17.7. The van der Waals surface area contributed by atoms with Crippen LogP contribution in [0, 0.1) is 5.92 Å². The van der Waals surface area contributed by atoms with Crippen LogP contribution in [0.4, 0.5) is 0 Å². The molecule has 0 aromatic heterocycles. The number of hydrogen-bond acceptors (Lipinski definition) is 5. The fourth-order valence-electron chi connectivity index (χ4n) is 2.80. The average molecular weight is 377 g/mol. The van der Waals surface area contributed by atoms with E-state index in [1.807, 2.05) is 6.92 Å². The Bertz CT molecular complexity index is 651. The SMILES string of the molecule is COCCOc1ccc(Cl)cc1S(=O)(=O)N1CCC[C@H]([C@H](C)N)C1. The van der Waals surface area contributed by atoms with Gasteiger partial charge in [0.2, 0.25) is 10.0 Å². The molecule has 0 amide bonds. The zero-order valence-electron chi connectivity index (χ0n) is 14.1. The molecule has 2 atom stereocenters. The van der Waals surface area contributed by atoms with Gasteiger partial charge in [0.05, 0.1) is 6.61 Å². The lowest BCUT2D eigenvalue weighted by atomic mass is 9.93. The third kappa shape index (κ3) is 4.61. The highest BCUT2D eigenvalue weighted by atomic mass is 35.5. The molecule has 2 N–H and O–H groups in total. The lowest BCUT2D eigenvalue weighted by Crippen LogP contribution is -2.45. The van der Waals surface area contributed by atoms with E-state index in [9.17, 15) is 8.42 Å². The van der Waals surface area contributed by atoms with Crippen molar-refractivity contribution in [3.05, 3.63) is 23.2 Å².